The van der Waals surface area contributed by atoms with Crippen LogP contribution in [-0.4, -0.2) is 48.0 Å². The van der Waals surface area contributed by atoms with Gasteiger partial charge in [0.25, 0.3) is 0 Å². The Morgan fingerprint density at radius 3 is 2.44 bits per heavy atom. The van der Waals surface area contributed by atoms with E-state index in [2.05, 4.69) is 16.3 Å². The van der Waals surface area contributed by atoms with Crippen molar-refractivity contribution in [1.82, 2.24) is 9.80 Å². The van der Waals surface area contributed by atoms with Crippen molar-refractivity contribution in [2.75, 3.05) is 25.2 Å². The summed E-state index contributed by atoms with van der Waals surface area (Å²) in [4.78, 5) is 44.0. The monoisotopic (exact) mass is 447 g/mol. The zero-order valence-electron chi connectivity index (χ0n) is 17.4. The number of anilines is 1. The highest BCUT2D eigenvalue weighted by Gasteiger charge is 2.47. The van der Waals surface area contributed by atoms with Gasteiger partial charge in [-0.05, 0) is 53.3 Å². The van der Waals surface area contributed by atoms with Crippen LogP contribution in [0.3, 0.4) is 0 Å². The van der Waals surface area contributed by atoms with Gasteiger partial charge in [-0.25, -0.2) is 14.6 Å². The Morgan fingerprint density at radius 1 is 0.969 bits per heavy atom. The molecule has 32 heavy (non-hydrogen) atoms. The number of benzene rings is 2. The predicted molar refractivity (Wildman–Crippen MR) is 121 cm³/mol. The minimum absolute atomic E-state index is 0.0465. The first kappa shape index (κ1) is 20.4. The summed E-state index contributed by atoms with van der Waals surface area (Å²) < 4.78 is 5.13. The largest absolute Gasteiger partial charge is 0.497 e. The number of urea groups is 1. The average Bonchev–Trinajstić information content (AvgIpc) is 3.38. The maximum Gasteiger partial charge on any atom is 0.340 e. The summed E-state index contributed by atoms with van der Waals surface area (Å²) in [5.74, 6) is -1.06. The molecule has 162 valence electrons. The number of amides is 4. The van der Waals surface area contributed by atoms with Crippen molar-refractivity contribution >= 4 is 34.9 Å². The van der Waals surface area contributed by atoms with E-state index in [1.54, 1.807) is 35.6 Å². The quantitative estimate of drug-likeness (QED) is 0.441. The second-order valence-corrected chi connectivity index (χ2v) is 8.67. The molecular weight excluding hydrogens is 426 g/mol. The molecule has 0 N–H and O–H groups in total. The van der Waals surface area contributed by atoms with E-state index < -0.39 is 17.8 Å². The minimum Gasteiger partial charge on any atom is -0.497 e. The van der Waals surface area contributed by atoms with Crippen LogP contribution < -0.4 is 9.64 Å². The Hall–Kier alpha value is -3.49. The summed E-state index contributed by atoms with van der Waals surface area (Å²) in [7, 11) is 1.53. The summed E-state index contributed by atoms with van der Waals surface area (Å²) >= 11 is 1.72. The maximum absolute atomic E-state index is 13.1. The Morgan fingerprint density at radius 2 is 1.72 bits per heavy atom. The van der Waals surface area contributed by atoms with E-state index in [-0.39, 0.29) is 12.7 Å². The molecular formula is C24H21N3O4S. The van der Waals surface area contributed by atoms with E-state index in [1.165, 1.54) is 17.6 Å². The number of nitrogens with zero attached hydrogens (tertiary/aromatic N) is 3. The van der Waals surface area contributed by atoms with Gasteiger partial charge in [0.1, 0.15) is 5.75 Å². The molecule has 0 spiro atoms. The van der Waals surface area contributed by atoms with Crippen LogP contribution >= 0.6 is 11.3 Å². The fourth-order valence-corrected chi connectivity index (χ4v) is 5.22. The molecule has 2 aromatic carbocycles. The maximum atomic E-state index is 13.1. The second-order valence-electron chi connectivity index (χ2n) is 7.67. The van der Waals surface area contributed by atoms with Gasteiger partial charge in [0.15, 0.2) is 0 Å². The van der Waals surface area contributed by atoms with Crippen LogP contribution in [0.4, 0.5) is 10.5 Å². The van der Waals surface area contributed by atoms with E-state index in [4.69, 9.17) is 4.74 Å². The lowest BCUT2D eigenvalue weighted by atomic mass is 9.94. The van der Waals surface area contributed by atoms with Crippen molar-refractivity contribution in [2.24, 2.45) is 0 Å². The van der Waals surface area contributed by atoms with Crippen LogP contribution in [0.1, 0.15) is 22.0 Å². The molecule has 2 aliphatic heterocycles. The highest BCUT2D eigenvalue weighted by Crippen LogP contribution is 2.38. The average molecular weight is 448 g/mol. The normalized spacial score (nSPS) is 18.9. The Labute approximate surface area is 189 Å². The number of rotatable bonds is 5. The third-order valence-electron chi connectivity index (χ3n) is 5.89. The van der Waals surface area contributed by atoms with Gasteiger partial charge < -0.3 is 4.74 Å². The van der Waals surface area contributed by atoms with Gasteiger partial charge in [0, 0.05) is 11.4 Å². The zero-order chi connectivity index (χ0) is 22.2. The SMILES string of the molecule is COc1ccc(N2C(=O)C(=O)N(CN3CCc4sccc4C3c3ccccc3)C2=O)cc1. The van der Waals surface area contributed by atoms with Gasteiger partial charge in [-0.3, -0.25) is 14.5 Å². The lowest BCUT2D eigenvalue weighted by molar-refractivity contribution is -0.140. The van der Waals surface area contributed by atoms with Gasteiger partial charge in [0.2, 0.25) is 0 Å². The smallest absolute Gasteiger partial charge is 0.340 e. The van der Waals surface area contributed by atoms with Crippen LogP contribution in [0.5, 0.6) is 5.75 Å². The van der Waals surface area contributed by atoms with Gasteiger partial charge in [0.05, 0.1) is 25.5 Å². The van der Waals surface area contributed by atoms with Crippen molar-refractivity contribution in [3.8, 4) is 5.75 Å². The van der Waals surface area contributed by atoms with Gasteiger partial charge in [-0.1, -0.05) is 30.3 Å². The fraction of sp³-hybridized carbons (Fsp3) is 0.208. The molecule has 1 atom stereocenters. The molecule has 1 aromatic heterocycles. The van der Waals surface area contributed by atoms with Crippen LogP contribution in [0.2, 0.25) is 0 Å². The molecule has 1 saturated heterocycles. The van der Waals surface area contributed by atoms with Crippen molar-refractivity contribution in [1.29, 1.82) is 0 Å². The van der Waals surface area contributed by atoms with Crippen LogP contribution in [0, 0.1) is 0 Å². The van der Waals surface area contributed by atoms with E-state index in [9.17, 15) is 14.4 Å². The fourth-order valence-electron chi connectivity index (χ4n) is 4.32. The summed E-state index contributed by atoms with van der Waals surface area (Å²) in [6, 6.07) is 17.9. The van der Waals surface area contributed by atoms with Crippen molar-refractivity contribution in [2.45, 2.75) is 12.5 Å². The van der Waals surface area contributed by atoms with Crippen LogP contribution in [-0.2, 0) is 16.0 Å². The highest BCUT2D eigenvalue weighted by atomic mass is 32.1. The third kappa shape index (κ3) is 3.37. The number of imide groups is 2. The molecule has 5 rings (SSSR count). The lowest BCUT2D eigenvalue weighted by Crippen LogP contribution is -2.46. The zero-order valence-corrected chi connectivity index (χ0v) is 18.2. The van der Waals surface area contributed by atoms with Crippen molar-refractivity contribution in [3.63, 3.8) is 0 Å². The molecule has 1 fully saturated rings. The van der Waals surface area contributed by atoms with Crippen LogP contribution in [0.25, 0.3) is 0 Å². The van der Waals surface area contributed by atoms with Crippen molar-refractivity contribution < 1.29 is 19.1 Å². The molecule has 3 heterocycles. The number of methoxy groups -OCH3 is 1. The number of fused-ring (bicyclic) bond motifs is 1. The molecule has 8 heteroatoms. The molecule has 0 aliphatic carbocycles. The summed E-state index contributed by atoms with van der Waals surface area (Å²) in [5.41, 5.74) is 2.61. The number of carbonyl (C=O) groups is 3. The number of ether oxygens (including phenoxy) is 1. The summed E-state index contributed by atoms with van der Waals surface area (Å²) in [5, 5.41) is 2.07. The summed E-state index contributed by atoms with van der Waals surface area (Å²) in [6.45, 7) is 0.728. The molecule has 4 amide bonds. The minimum atomic E-state index is -0.843. The number of carbonyl (C=O) groups excluding carboxylic acids is 3. The molecule has 2 aliphatic rings. The first-order valence-corrected chi connectivity index (χ1v) is 11.2. The van der Waals surface area contributed by atoms with Gasteiger partial charge in [-0.2, -0.15) is 0 Å². The first-order valence-electron chi connectivity index (χ1n) is 10.3. The third-order valence-corrected chi connectivity index (χ3v) is 6.88. The van der Waals surface area contributed by atoms with E-state index >= 15 is 0 Å². The number of thiophene rings is 1. The number of hydrogen-bond acceptors (Lipinski definition) is 6. The van der Waals surface area contributed by atoms with Crippen LogP contribution in [0.15, 0.2) is 66.0 Å². The molecule has 3 aromatic rings. The molecule has 0 bridgehead atoms. The Kier molecular flexibility index (Phi) is 5.24. The Bertz CT molecular complexity index is 1180. The predicted octanol–water partition coefficient (Wildman–Crippen LogP) is 3.66. The first-order chi connectivity index (χ1) is 15.6. The number of hydrogen-bond donors (Lipinski definition) is 0. The Balaban J connectivity index is 1.44. The van der Waals surface area contributed by atoms with Crippen molar-refractivity contribution in [3.05, 3.63) is 82.0 Å². The standard InChI is InChI=1S/C24H21N3O4S/c1-31-18-9-7-17(8-10-18)27-23(29)22(28)26(24(27)30)15-25-13-11-20-19(12-14-32-20)21(25)16-5-3-2-4-6-16/h2-10,12,14,21H,11,13,15H2,1H3. The molecule has 0 radical (unpaired) electrons. The molecule has 7 nitrogen and oxygen atoms in total. The van der Waals surface area contributed by atoms with Gasteiger partial charge in [-0.15, -0.1) is 11.3 Å². The van der Waals surface area contributed by atoms with E-state index in [0.29, 0.717) is 18.0 Å². The highest BCUT2D eigenvalue weighted by molar-refractivity contribution is 7.10. The van der Waals surface area contributed by atoms with E-state index in [0.717, 1.165) is 21.8 Å². The molecule has 0 saturated carbocycles. The van der Waals surface area contributed by atoms with E-state index in [1.807, 2.05) is 30.3 Å². The summed E-state index contributed by atoms with van der Waals surface area (Å²) in [6.07, 6.45) is 0.836. The topological polar surface area (TPSA) is 70.2 Å². The second kappa shape index (κ2) is 8.22. The lowest BCUT2D eigenvalue weighted by Gasteiger charge is -2.37. The van der Waals surface area contributed by atoms with Gasteiger partial charge >= 0.3 is 17.8 Å². The molecule has 1 unspecified atom stereocenters.